The highest BCUT2D eigenvalue weighted by Gasteiger charge is 3.03. The number of rotatable bonds is 2. The smallest absolute Gasteiger partial charge is 0.137 e. The van der Waals surface area contributed by atoms with E-state index in [-0.39, 0.29) is 36.0 Å². The van der Waals surface area contributed by atoms with Crippen LogP contribution in [0.5, 0.6) is 0 Å². The van der Waals surface area contributed by atoms with E-state index < -0.39 is 10.8 Å². The first-order valence-electron chi connectivity index (χ1n) is 7.92. The predicted molar refractivity (Wildman–Crippen MR) is 64.5 cm³/mol. The minimum absolute atomic E-state index is 0.253. The third-order valence-electron chi connectivity index (χ3n) is 8.59. The van der Waals surface area contributed by atoms with Crippen molar-refractivity contribution >= 4 is 11.6 Å². The first-order chi connectivity index (χ1) is 9.59. The van der Waals surface area contributed by atoms with Crippen molar-refractivity contribution in [3.8, 4) is 0 Å². The molecule has 0 spiro atoms. The number of carbonyl (C=O) groups is 2. The number of ether oxygens (including phenoxy) is 2. The molecule has 8 rings (SSSR count). The van der Waals surface area contributed by atoms with E-state index in [1.54, 1.807) is 13.8 Å². The van der Waals surface area contributed by atoms with E-state index in [0.717, 1.165) is 0 Å². The molecule has 8 fully saturated rings. The van der Waals surface area contributed by atoms with Crippen LogP contribution in [0, 0.1) is 46.3 Å². The molecule has 4 nitrogen and oxygen atoms in total. The van der Waals surface area contributed by atoms with Gasteiger partial charge < -0.3 is 9.47 Å². The number of carbonyl (C=O) groups excluding carboxylic acids is 2. The molecule has 0 aromatic rings. The summed E-state index contributed by atoms with van der Waals surface area (Å²) < 4.78 is 11.8. The van der Waals surface area contributed by atoms with Gasteiger partial charge in [-0.3, -0.25) is 9.59 Å². The zero-order valence-electron chi connectivity index (χ0n) is 11.4. The van der Waals surface area contributed by atoms with Gasteiger partial charge in [-0.25, -0.2) is 0 Å². The van der Waals surface area contributed by atoms with Gasteiger partial charge in [-0.15, -0.1) is 0 Å². The molecule has 8 atom stereocenters. The molecule has 0 amide bonds. The Balaban J connectivity index is 1.64. The Labute approximate surface area is 116 Å². The number of hydrogen-bond donors (Lipinski definition) is 0. The van der Waals surface area contributed by atoms with E-state index >= 15 is 0 Å². The summed E-state index contributed by atoms with van der Waals surface area (Å²) in [5.41, 5.74) is -0.836. The molecular formula is C16H16O4. The van der Waals surface area contributed by atoms with Crippen molar-refractivity contribution < 1.29 is 19.1 Å². The molecule has 0 aromatic carbocycles. The molecule has 104 valence electrons. The Morgan fingerprint density at radius 1 is 0.700 bits per heavy atom. The summed E-state index contributed by atoms with van der Waals surface area (Å²) in [5, 5.41) is 0. The van der Waals surface area contributed by atoms with Crippen molar-refractivity contribution in [2.75, 3.05) is 0 Å². The van der Waals surface area contributed by atoms with Crippen molar-refractivity contribution in [1.82, 2.24) is 0 Å². The monoisotopic (exact) mass is 272 g/mol. The summed E-state index contributed by atoms with van der Waals surface area (Å²) in [5.74, 6) is 2.98. The summed E-state index contributed by atoms with van der Waals surface area (Å²) in [6.07, 6.45) is 1.13. The van der Waals surface area contributed by atoms with Crippen LogP contribution in [0.3, 0.4) is 0 Å². The quantitative estimate of drug-likeness (QED) is 0.684. The zero-order chi connectivity index (χ0) is 13.3. The molecule has 0 N–H and O–H groups in total. The van der Waals surface area contributed by atoms with Crippen molar-refractivity contribution in [3.05, 3.63) is 0 Å². The van der Waals surface area contributed by atoms with E-state index in [1.807, 2.05) is 0 Å². The van der Waals surface area contributed by atoms with E-state index in [0.29, 0.717) is 35.5 Å². The average Bonchev–Trinajstić information content (AvgIpc) is 3.17. The molecule has 8 unspecified atom stereocenters. The standard InChI is InChI=1S/C16H16O4/c1-3(17)15-7-5-6-8(15)12-14(20-12)10(6)16(15,4(2)18)9(5)13-11(7)19-13/h5-14H,1-2H3. The topological polar surface area (TPSA) is 59.2 Å². The normalized spacial score (nSPS) is 77.9. The Morgan fingerprint density at radius 2 is 1.00 bits per heavy atom. The second-order valence-electron chi connectivity index (χ2n) is 8.24. The molecule has 4 heteroatoms. The van der Waals surface area contributed by atoms with Gasteiger partial charge in [0.15, 0.2) is 0 Å². The van der Waals surface area contributed by atoms with E-state index in [1.165, 1.54) is 0 Å². The van der Waals surface area contributed by atoms with Crippen LogP contribution in [-0.2, 0) is 19.1 Å². The lowest BCUT2D eigenvalue weighted by atomic mass is 9.47. The lowest BCUT2D eigenvalue weighted by Crippen LogP contribution is -2.61. The predicted octanol–water partition coefficient (Wildman–Crippen LogP) is 0.437. The van der Waals surface area contributed by atoms with Gasteiger partial charge in [0.05, 0.1) is 35.2 Å². The van der Waals surface area contributed by atoms with Crippen LogP contribution in [0.25, 0.3) is 0 Å². The number of fused-ring (bicyclic) bond motifs is 2. The third kappa shape index (κ3) is 0.536. The fraction of sp³-hybridized carbons (Fsp3) is 0.875. The number of epoxide rings is 2. The highest BCUT2D eigenvalue weighted by molar-refractivity contribution is 5.99. The van der Waals surface area contributed by atoms with Crippen LogP contribution in [0.15, 0.2) is 0 Å². The van der Waals surface area contributed by atoms with Crippen LogP contribution in [-0.4, -0.2) is 36.0 Å². The van der Waals surface area contributed by atoms with Gasteiger partial charge in [0.1, 0.15) is 11.6 Å². The van der Waals surface area contributed by atoms with E-state index in [9.17, 15) is 9.59 Å². The first kappa shape index (κ1) is 10.1. The second kappa shape index (κ2) is 2.24. The largest absolute Gasteiger partial charge is 0.369 e. The summed E-state index contributed by atoms with van der Waals surface area (Å²) in [4.78, 5) is 25.6. The number of ketones is 2. The molecule has 2 saturated heterocycles. The molecule has 0 radical (unpaired) electrons. The summed E-state index contributed by atoms with van der Waals surface area (Å²) in [6, 6.07) is 0. The van der Waals surface area contributed by atoms with Gasteiger partial charge in [-0.1, -0.05) is 0 Å². The molecule has 20 heavy (non-hydrogen) atoms. The Morgan fingerprint density at radius 3 is 1.25 bits per heavy atom. The lowest BCUT2D eigenvalue weighted by Gasteiger charge is -2.50. The Kier molecular flexibility index (Phi) is 1.13. The zero-order valence-corrected chi connectivity index (χ0v) is 11.4. The molecule has 6 aliphatic carbocycles. The highest BCUT2D eigenvalue weighted by Crippen LogP contribution is 2.97. The Hall–Kier alpha value is -0.740. The summed E-state index contributed by atoms with van der Waals surface area (Å²) >= 11 is 0. The van der Waals surface area contributed by atoms with Crippen molar-refractivity contribution in [3.63, 3.8) is 0 Å². The highest BCUT2D eigenvalue weighted by atomic mass is 16.6. The maximum absolute atomic E-state index is 12.8. The van der Waals surface area contributed by atoms with Gasteiger partial charge in [0, 0.05) is 23.7 Å². The SMILES string of the molecule is CC(=O)C12C3C4OC4C4C3C3C1C1OC1C3C42C(C)=O. The summed E-state index contributed by atoms with van der Waals surface area (Å²) in [7, 11) is 0. The molecule has 2 aliphatic heterocycles. The van der Waals surface area contributed by atoms with Crippen molar-refractivity contribution in [1.29, 1.82) is 0 Å². The van der Waals surface area contributed by atoms with Crippen LogP contribution >= 0.6 is 0 Å². The fourth-order valence-electron chi connectivity index (χ4n) is 9.03. The fourth-order valence-corrected chi connectivity index (χ4v) is 9.03. The molecule has 8 aliphatic rings. The second-order valence-corrected chi connectivity index (χ2v) is 8.24. The maximum atomic E-state index is 12.8. The van der Waals surface area contributed by atoms with Gasteiger partial charge in [0.25, 0.3) is 0 Å². The van der Waals surface area contributed by atoms with Crippen LogP contribution < -0.4 is 0 Å². The van der Waals surface area contributed by atoms with Gasteiger partial charge in [-0.05, 0) is 25.7 Å². The number of Topliss-reactive ketones (excluding diaryl/α,β-unsaturated/α-hetero) is 2. The first-order valence-corrected chi connectivity index (χ1v) is 7.92. The molecule has 2 heterocycles. The maximum Gasteiger partial charge on any atom is 0.137 e. The molecular weight excluding hydrogens is 256 g/mol. The van der Waals surface area contributed by atoms with E-state index in [2.05, 4.69) is 0 Å². The van der Waals surface area contributed by atoms with E-state index in [4.69, 9.17) is 9.47 Å². The lowest BCUT2D eigenvalue weighted by molar-refractivity contribution is -0.158. The van der Waals surface area contributed by atoms with Crippen LogP contribution in [0.2, 0.25) is 0 Å². The summed E-state index contributed by atoms with van der Waals surface area (Å²) in [6.45, 7) is 3.46. The average molecular weight is 272 g/mol. The third-order valence-corrected chi connectivity index (χ3v) is 8.59. The van der Waals surface area contributed by atoms with Crippen LogP contribution in [0.1, 0.15) is 13.8 Å². The van der Waals surface area contributed by atoms with Gasteiger partial charge >= 0.3 is 0 Å². The van der Waals surface area contributed by atoms with Crippen LogP contribution in [0.4, 0.5) is 0 Å². The molecule has 0 aromatic heterocycles. The van der Waals surface area contributed by atoms with Gasteiger partial charge in [0.2, 0.25) is 0 Å². The van der Waals surface area contributed by atoms with Crippen molar-refractivity contribution in [2.24, 2.45) is 46.3 Å². The number of hydrogen-bond acceptors (Lipinski definition) is 4. The Bertz CT molecular complexity index is 565. The van der Waals surface area contributed by atoms with Crippen molar-refractivity contribution in [2.45, 2.75) is 38.3 Å². The molecule has 8 bridgehead atoms. The van der Waals surface area contributed by atoms with Gasteiger partial charge in [-0.2, -0.15) is 0 Å². The molecule has 6 saturated carbocycles. The minimum Gasteiger partial charge on any atom is -0.369 e. The minimum atomic E-state index is -0.418.